The first-order valence-corrected chi connectivity index (χ1v) is 8.53. The fourth-order valence-electron chi connectivity index (χ4n) is 2.72. The van der Waals surface area contributed by atoms with Crippen molar-refractivity contribution in [2.24, 2.45) is 0 Å². The Bertz CT molecular complexity index is 800. The zero-order valence-corrected chi connectivity index (χ0v) is 14.5. The molecule has 1 N–H and O–H groups in total. The third-order valence-electron chi connectivity index (χ3n) is 3.88. The van der Waals surface area contributed by atoms with E-state index in [0.717, 1.165) is 22.0 Å². The van der Waals surface area contributed by atoms with Gasteiger partial charge in [-0.2, -0.15) is 12.6 Å². The highest BCUT2D eigenvalue weighted by atomic mass is 79.9. The van der Waals surface area contributed by atoms with Crippen molar-refractivity contribution in [3.8, 4) is 0 Å². The van der Waals surface area contributed by atoms with Gasteiger partial charge in [-0.15, -0.1) is 0 Å². The quantitative estimate of drug-likeness (QED) is 0.594. The Labute approximate surface area is 144 Å². The van der Waals surface area contributed by atoms with E-state index in [9.17, 15) is 5.11 Å². The summed E-state index contributed by atoms with van der Waals surface area (Å²) in [6, 6.07) is 20.8. The van der Waals surface area contributed by atoms with Gasteiger partial charge in [-0.3, -0.25) is 0 Å². The summed E-state index contributed by atoms with van der Waals surface area (Å²) >= 11 is 8.26. The number of fused-ring (bicyclic) bond motifs is 1. The van der Waals surface area contributed by atoms with Gasteiger partial charge in [0.15, 0.2) is 0 Å². The highest BCUT2D eigenvalue weighted by molar-refractivity contribution is 9.10. The molecule has 0 aromatic heterocycles. The van der Waals surface area contributed by atoms with Crippen molar-refractivity contribution in [1.29, 1.82) is 0 Å². The lowest BCUT2D eigenvalue weighted by molar-refractivity contribution is 0.280. The molecule has 0 bridgehead atoms. The lowest BCUT2D eigenvalue weighted by atomic mass is 9.98. The second-order valence-corrected chi connectivity index (χ2v) is 6.94. The van der Waals surface area contributed by atoms with E-state index in [1.54, 1.807) is 0 Å². The zero-order chi connectivity index (χ0) is 15.5. The normalized spacial score (nSPS) is 12.5. The minimum absolute atomic E-state index is 0.0391. The van der Waals surface area contributed by atoms with E-state index in [1.807, 2.05) is 18.2 Å². The molecule has 0 spiro atoms. The number of rotatable bonds is 4. The molecule has 0 heterocycles. The van der Waals surface area contributed by atoms with Gasteiger partial charge in [-0.1, -0.05) is 64.5 Å². The fraction of sp³-hybridized carbons (Fsp3) is 0.158. The number of hydrogen-bond acceptors (Lipinski definition) is 2. The Kier molecular flexibility index (Phi) is 4.87. The van der Waals surface area contributed by atoms with Crippen molar-refractivity contribution < 1.29 is 5.11 Å². The van der Waals surface area contributed by atoms with Crippen molar-refractivity contribution in [1.82, 2.24) is 0 Å². The molecule has 1 atom stereocenters. The molecule has 0 aliphatic rings. The van der Waals surface area contributed by atoms with E-state index < -0.39 is 0 Å². The van der Waals surface area contributed by atoms with E-state index in [1.165, 1.54) is 16.3 Å². The lowest BCUT2D eigenvalue weighted by Gasteiger charge is -2.16. The summed E-state index contributed by atoms with van der Waals surface area (Å²) in [4.78, 5) is 0. The highest BCUT2D eigenvalue weighted by Crippen LogP contribution is 2.31. The zero-order valence-electron chi connectivity index (χ0n) is 12.0. The highest BCUT2D eigenvalue weighted by Gasteiger charge is 2.13. The molecule has 22 heavy (non-hydrogen) atoms. The molecular weight excluding hydrogens is 356 g/mol. The Morgan fingerprint density at radius 3 is 2.50 bits per heavy atom. The second kappa shape index (κ2) is 6.86. The Morgan fingerprint density at radius 1 is 0.955 bits per heavy atom. The van der Waals surface area contributed by atoms with E-state index in [-0.39, 0.29) is 11.9 Å². The molecule has 0 aliphatic heterocycles. The predicted octanol–water partition coefficient (Wildman–Crippen LogP) is 5.31. The fourth-order valence-corrected chi connectivity index (χ4v) is 3.55. The van der Waals surface area contributed by atoms with Crippen molar-refractivity contribution in [3.63, 3.8) is 0 Å². The van der Waals surface area contributed by atoms with Crippen LogP contribution in [-0.4, -0.2) is 5.11 Å². The number of aliphatic hydroxyl groups excluding tert-OH is 1. The standard InChI is InChI=1S/C19H17BrOS/c20-17-8-7-16(12-21)18(11-17)19(22)10-13-5-6-14-3-1-2-4-15(14)9-13/h1-9,11,19,21-22H,10,12H2. The summed E-state index contributed by atoms with van der Waals surface area (Å²) in [5, 5.41) is 12.1. The SMILES string of the molecule is OCc1ccc(Br)cc1C(S)Cc1ccc2ccccc2c1. The third kappa shape index (κ3) is 3.37. The molecule has 0 radical (unpaired) electrons. The molecule has 0 saturated heterocycles. The van der Waals surface area contributed by atoms with Gasteiger partial charge in [0.25, 0.3) is 0 Å². The molecule has 1 nitrogen and oxygen atoms in total. The van der Waals surface area contributed by atoms with Crippen molar-refractivity contribution in [3.05, 3.63) is 81.8 Å². The van der Waals surface area contributed by atoms with Crippen LogP contribution in [0.5, 0.6) is 0 Å². The van der Waals surface area contributed by atoms with Gasteiger partial charge >= 0.3 is 0 Å². The molecule has 112 valence electrons. The first-order chi connectivity index (χ1) is 10.7. The van der Waals surface area contributed by atoms with Crippen molar-refractivity contribution in [2.45, 2.75) is 18.3 Å². The number of benzene rings is 3. The smallest absolute Gasteiger partial charge is 0.0684 e. The maximum absolute atomic E-state index is 9.52. The van der Waals surface area contributed by atoms with Gasteiger partial charge < -0.3 is 5.11 Å². The molecule has 0 fully saturated rings. The van der Waals surface area contributed by atoms with Gasteiger partial charge in [-0.05, 0) is 46.0 Å². The van der Waals surface area contributed by atoms with Crippen LogP contribution in [0.1, 0.15) is 21.9 Å². The topological polar surface area (TPSA) is 20.2 Å². The molecule has 1 unspecified atom stereocenters. The van der Waals surface area contributed by atoms with Crippen LogP contribution < -0.4 is 0 Å². The van der Waals surface area contributed by atoms with Crippen LogP contribution in [-0.2, 0) is 13.0 Å². The Hall–Kier alpha value is -1.29. The maximum Gasteiger partial charge on any atom is 0.0684 e. The van der Waals surface area contributed by atoms with Gasteiger partial charge in [0.1, 0.15) is 0 Å². The third-order valence-corrected chi connectivity index (χ3v) is 4.83. The summed E-state index contributed by atoms with van der Waals surface area (Å²) in [5.74, 6) is 0. The summed E-state index contributed by atoms with van der Waals surface area (Å²) in [6.45, 7) is 0.0391. The van der Waals surface area contributed by atoms with Crippen molar-refractivity contribution >= 4 is 39.3 Å². The number of thiol groups is 1. The number of halogens is 1. The molecule has 3 rings (SSSR count). The van der Waals surface area contributed by atoms with Crippen molar-refractivity contribution in [2.75, 3.05) is 0 Å². The van der Waals surface area contributed by atoms with Crippen LogP contribution in [0.15, 0.2) is 65.1 Å². The lowest BCUT2D eigenvalue weighted by Crippen LogP contribution is -2.01. The van der Waals surface area contributed by atoms with Crippen LogP contribution in [0.2, 0.25) is 0 Å². The Morgan fingerprint density at radius 2 is 1.73 bits per heavy atom. The summed E-state index contributed by atoms with van der Waals surface area (Å²) in [7, 11) is 0. The van der Waals surface area contributed by atoms with Crippen LogP contribution >= 0.6 is 28.6 Å². The number of hydrogen-bond donors (Lipinski definition) is 2. The molecule has 3 aromatic rings. The van der Waals surface area contributed by atoms with E-state index >= 15 is 0 Å². The first-order valence-electron chi connectivity index (χ1n) is 7.22. The second-order valence-electron chi connectivity index (χ2n) is 5.40. The van der Waals surface area contributed by atoms with Gasteiger partial charge in [0.2, 0.25) is 0 Å². The number of aliphatic hydroxyl groups is 1. The summed E-state index contributed by atoms with van der Waals surface area (Å²) in [6.07, 6.45) is 0.831. The summed E-state index contributed by atoms with van der Waals surface area (Å²) in [5.41, 5.74) is 3.26. The molecule has 3 aromatic carbocycles. The Balaban J connectivity index is 1.89. The predicted molar refractivity (Wildman–Crippen MR) is 99.4 cm³/mol. The molecule has 3 heteroatoms. The van der Waals surface area contributed by atoms with E-state index in [4.69, 9.17) is 12.6 Å². The van der Waals surface area contributed by atoms with Gasteiger partial charge in [0.05, 0.1) is 6.61 Å². The largest absolute Gasteiger partial charge is 0.392 e. The van der Waals surface area contributed by atoms with E-state index in [2.05, 4.69) is 58.4 Å². The first kappa shape index (κ1) is 15.6. The van der Waals surface area contributed by atoms with Crippen LogP contribution in [0.4, 0.5) is 0 Å². The van der Waals surface area contributed by atoms with E-state index in [0.29, 0.717) is 0 Å². The van der Waals surface area contributed by atoms with Crippen LogP contribution in [0.25, 0.3) is 10.8 Å². The average molecular weight is 373 g/mol. The summed E-state index contributed by atoms with van der Waals surface area (Å²) < 4.78 is 1.01. The maximum atomic E-state index is 9.52. The molecular formula is C19H17BrOS. The molecule has 0 aliphatic carbocycles. The van der Waals surface area contributed by atoms with Crippen LogP contribution in [0, 0.1) is 0 Å². The average Bonchev–Trinajstić information content (AvgIpc) is 2.54. The molecule has 0 saturated carbocycles. The van der Waals surface area contributed by atoms with Crippen LogP contribution in [0.3, 0.4) is 0 Å². The monoisotopic (exact) mass is 372 g/mol. The molecule has 0 amide bonds. The van der Waals surface area contributed by atoms with Gasteiger partial charge in [0, 0.05) is 9.72 Å². The minimum atomic E-state index is 0.0391. The minimum Gasteiger partial charge on any atom is -0.392 e. The van der Waals surface area contributed by atoms with Gasteiger partial charge in [-0.25, -0.2) is 0 Å².